The molecule has 2 atom stereocenters. The molecular weight excluding hydrogens is 206 g/mol. The molecule has 0 radical (unpaired) electrons. The van der Waals surface area contributed by atoms with E-state index in [-0.39, 0.29) is 12.5 Å². The Kier molecular flexibility index (Phi) is 6.55. The van der Waals surface area contributed by atoms with Crippen molar-refractivity contribution in [3.05, 3.63) is 0 Å². The summed E-state index contributed by atoms with van der Waals surface area (Å²) in [7, 11) is 3.75. The molecule has 5 nitrogen and oxygen atoms in total. The molecule has 96 valence electrons. The van der Waals surface area contributed by atoms with Gasteiger partial charge in [-0.2, -0.15) is 0 Å². The van der Waals surface area contributed by atoms with E-state index >= 15 is 0 Å². The van der Waals surface area contributed by atoms with Gasteiger partial charge in [0.25, 0.3) is 0 Å². The third kappa shape index (κ3) is 6.76. The van der Waals surface area contributed by atoms with Crippen LogP contribution in [0.25, 0.3) is 0 Å². The second kappa shape index (κ2) is 6.83. The van der Waals surface area contributed by atoms with E-state index in [2.05, 4.69) is 5.32 Å². The Labute approximate surface area is 98.0 Å². The lowest BCUT2D eigenvalue weighted by molar-refractivity contribution is -0.123. The average molecular weight is 231 g/mol. The molecule has 0 aliphatic rings. The first kappa shape index (κ1) is 15.3. The summed E-state index contributed by atoms with van der Waals surface area (Å²) in [5.41, 5.74) is 4.73. The minimum atomic E-state index is -0.926. The fraction of sp³-hybridized carbons (Fsp3) is 0.909. The van der Waals surface area contributed by atoms with Gasteiger partial charge in [-0.05, 0) is 27.4 Å². The second-order valence-electron chi connectivity index (χ2n) is 4.85. The van der Waals surface area contributed by atoms with Gasteiger partial charge in [-0.25, -0.2) is 0 Å². The van der Waals surface area contributed by atoms with E-state index in [9.17, 15) is 9.90 Å². The molecule has 0 aromatic rings. The van der Waals surface area contributed by atoms with Gasteiger partial charge in [0.05, 0.1) is 11.6 Å². The topological polar surface area (TPSA) is 78.6 Å². The van der Waals surface area contributed by atoms with E-state index in [4.69, 9.17) is 5.73 Å². The zero-order chi connectivity index (χ0) is 12.8. The SMILES string of the molecule is CCC[C@H](N)C(=O)NCC(C)(O)CN(C)C. The quantitative estimate of drug-likeness (QED) is 0.554. The number of aliphatic hydroxyl groups is 1. The number of nitrogens with two attached hydrogens (primary N) is 1. The Hall–Kier alpha value is -0.650. The van der Waals surface area contributed by atoms with Crippen molar-refractivity contribution < 1.29 is 9.90 Å². The second-order valence-corrected chi connectivity index (χ2v) is 4.85. The summed E-state index contributed by atoms with van der Waals surface area (Å²) in [6.07, 6.45) is 1.55. The number of rotatable bonds is 7. The summed E-state index contributed by atoms with van der Waals surface area (Å²) >= 11 is 0. The molecule has 0 fully saturated rings. The van der Waals surface area contributed by atoms with Crippen molar-refractivity contribution in [1.29, 1.82) is 0 Å². The van der Waals surface area contributed by atoms with Crippen LogP contribution in [0.1, 0.15) is 26.7 Å². The lowest BCUT2D eigenvalue weighted by Gasteiger charge is -2.27. The predicted octanol–water partition coefficient (Wildman–Crippen LogP) is -0.457. The van der Waals surface area contributed by atoms with Crippen LogP contribution in [0.4, 0.5) is 0 Å². The molecular formula is C11H25N3O2. The number of hydrogen-bond acceptors (Lipinski definition) is 4. The molecule has 0 heterocycles. The van der Waals surface area contributed by atoms with E-state index in [1.54, 1.807) is 6.92 Å². The third-order valence-electron chi connectivity index (χ3n) is 2.24. The highest BCUT2D eigenvalue weighted by molar-refractivity contribution is 5.81. The number of hydrogen-bond donors (Lipinski definition) is 3. The highest BCUT2D eigenvalue weighted by Crippen LogP contribution is 2.03. The number of nitrogens with zero attached hydrogens (tertiary/aromatic N) is 1. The lowest BCUT2D eigenvalue weighted by Crippen LogP contribution is -2.50. The van der Waals surface area contributed by atoms with Gasteiger partial charge in [-0.3, -0.25) is 4.79 Å². The molecule has 16 heavy (non-hydrogen) atoms. The number of nitrogens with one attached hydrogen (secondary N) is 1. The fourth-order valence-electron chi connectivity index (χ4n) is 1.59. The van der Waals surface area contributed by atoms with Gasteiger partial charge in [-0.1, -0.05) is 13.3 Å². The summed E-state index contributed by atoms with van der Waals surface area (Å²) in [5, 5.41) is 12.6. The fourth-order valence-corrected chi connectivity index (χ4v) is 1.59. The van der Waals surface area contributed by atoms with Crippen LogP contribution < -0.4 is 11.1 Å². The Balaban J connectivity index is 3.99. The molecule has 0 aromatic carbocycles. The first-order chi connectivity index (χ1) is 7.28. The van der Waals surface area contributed by atoms with E-state index in [0.29, 0.717) is 13.0 Å². The average Bonchev–Trinajstić information content (AvgIpc) is 2.12. The van der Waals surface area contributed by atoms with Crippen molar-refractivity contribution in [2.45, 2.75) is 38.3 Å². The number of carbonyl (C=O) groups is 1. The van der Waals surface area contributed by atoms with E-state index in [1.165, 1.54) is 0 Å². The van der Waals surface area contributed by atoms with Crippen LogP contribution in [0.2, 0.25) is 0 Å². The van der Waals surface area contributed by atoms with Crippen molar-refractivity contribution in [3.63, 3.8) is 0 Å². The molecule has 0 saturated carbocycles. The first-order valence-electron chi connectivity index (χ1n) is 5.69. The van der Waals surface area contributed by atoms with Gasteiger partial charge in [-0.15, -0.1) is 0 Å². The summed E-state index contributed by atoms with van der Waals surface area (Å²) in [5.74, 6) is -0.194. The lowest BCUT2D eigenvalue weighted by atomic mass is 10.1. The van der Waals surface area contributed by atoms with Crippen molar-refractivity contribution in [1.82, 2.24) is 10.2 Å². The van der Waals surface area contributed by atoms with Gasteiger partial charge in [0.1, 0.15) is 0 Å². The molecule has 0 aromatic heterocycles. The molecule has 0 aliphatic heterocycles. The third-order valence-corrected chi connectivity index (χ3v) is 2.24. The molecule has 1 amide bonds. The Bertz CT molecular complexity index is 217. The van der Waals surface area contributed by atoms with Crippen molar-refractivity contribution in [2.24, 2.45) is 5.73 Å². The Morgan fingerprint density at radius 3 is 2.56 bits per heavy atom. The summed E-state index contributed by atoms with van der Waals surface area (Å²) in [6.45, 7) is 4.39. The van der Waals surface area contributed by atoms with Crippen molar-refractivity contribution in [3.8, 4) is 0 Å². The maximum atomic E-state index is 11.5. The zero-order valence-electron chi connectivity index (χ0n) is 10.8. The molecule has 0 rings (SSSR count). The number of carbonyl (C=O) groups excluding carboxylic acids is 1. The smallest absolute Gasteiger partial charge is 0.237 e. The maximum Gasteiger partial charge on any atom is 0.237 e. The zero-order valence-corrected chi connectivity index (χ0v) is 10.8. The largest absolute Gasteiger partial charge is 0.387 e. The normalized spacial score (nSPS) is 16.9. The standard InChI is InChI=1S/C11H25N3O2/c1-5-6-9(12)10(15)13-7-11(2,16)8-14(3)4/h9,16H,5-8,12H2,1-4H3,(H,13,15)/t9-,11?/m0/s1. The highest BCUT2D eigenvalue weighted by Gasteiger charge is 2.23. The van der Waals surface area contributed by atoms with Gasteiger partial charge in [0.15, 0.2) is 0 Å². The monoisotopic (exact) mass is 231 g/mol. The van der Waals surface area contributed by atoms with E-state index in [1.807, 2.05) is 25.9 Å². The predicted molar refractivity (Wildman–Crippen MR) is 65.1 cm³/mol. The highest BCUT2D eigenvalue weighted by atomic mass is 16.3. The van der Waals surface area contributed by atoms with Crippen LogP contribution in [0.3, 0.4) is 0 Å². The molecule has 1 unspecified atom stereocenters. The Morgan fingerprint density at radius 2 is 2.12 bits per heavy atom. The van der Waals surface area contributed by atoms with Crippen molar-refractivity contribution >= 4 is 5.91 Å². The van der Waals surface area contributed by atoms with E-state index < -0.39 is 11.6 Å². The molecule has 4 N–H and O–H groups in total. The number of likely N-dealkylation sites (N-methyl/N-ethyl adjacent to an activating group) is 1. The number of amides is 1. The summed E-state index contributed by atoms with van der Waals surface area (Å²) in [6, 6.07) is -0.472. The van der Waals surface area contributed by atoms with Crippen LogP contribution in [0, 0.1) is 0 Å². The molecule has 0 saturated heterocycles. The van der Waals surface area contributed by atoms with E-state index in [0.717, 1.165) is 6.42 Å². The molecule has 0 bridgehead atoms. The van der Waals surface area contributed by atoms with Crippen molar-refractivity contribution in [2.75, 3.05) is 27.2 Å². The van der Waals surface area contributed by atoms with Crippen LogP contribution in [0.5, 0.6) is 0 Å². The van der Waals surface area contributed by atoms with Crippen LogP contribution in [-0.2, 0) is 4.79 Å². The Morgan fingerprint density at radius 1 is 1.56 bits per heavy atom. The molecule has 5 heteroatoms. The minimum absolute atomic E-state index is 0.194. The summed E-state index contributed by atoms with van der Waals surface area (Å²) in [4.78, 5) is 13.4. The van der Waals surface area contributed by atoms with Gasteiger partial charge < -0.3 is 21.1 Å². The minimum Gasteiger partial charge on any atom is -0.387 e. The van der Waals surface area contributed by atoms with Gasteiger partial charge in [0.2, 0.25) is 5.91 Å². The molecule has 0 aliphatic carbocycles. The van der Waals surface area contributed by atoms with Gasteiger partial charge in [0, 0.05) is 13.1 Å². The molecule has 0 spiro atoms. The van der Waals surface area contributed by atoms with Crippen LogP contribution in [-0.4, -0.2) is 54.7 Å². The van der Waals surface area contributed by atoms with Crippen LogP contribution in [0.15, 0.2) is 0 Å². The summed E-state index contributed by atoms with van der Waals surface area (Å²) < 4.78 is 0. The first-order valence-corrected chi connectivity index (χ1v) is 5.69. The van der Waals surface area contributed by atoms with Crippen LogP contribution >= 0.6 is 0 Å². The maximum absolute atomic E-state index is 11.5. The van der Waals surface area contributed by atoms with Gasteiger partial charge >= 0.3 is 0 Å².